The Kier molecular flexibility index (Phi) is 7.90. The molecule has 3 aromatic rings. The zero-order valence-corrected chi connectivity index (χ0v) is 18.1. The summed E-state index contributed by atoms with van der Waals surface area (Å²) >= 11 is 0. The number of aliphatic imine (C=N–C) groups is 1. The minimum atomic E-state index is 0. The van der Waals surface area contributed by atoms with Crippen LogP contribution in [0.5, 0.6) is 5.88 Å². The number of nitrogens with one attached hydrogen (secondary N) is 2. The van der Waals surface area contributed by atoms with E-state index in [0.29, 0.717) is 19.0 Å². The first kappa shape index (κ1) is 21.0. The largest absolute Gasteiger partial charge is 0.481 e. The highest BCUT2D eigenvalue weighted by molar-refractivity contribution is 14.0. The van der Waals surface area contributed by atoms with Crippen molar-refractivity contribution in [2.75, 3.05) is 13.7 Å². The van der Waals surface area contributed by atoms with Gasteiger partial charge in [-0.05, 0) is 26.0 Å². The lowest BCUT2D eigenvalue weighted by Gasteiger charge is -2.11. The van der Waals surface area contributed by atoms with Crippen LogP contribution >= 0.6 is 24.0 Å². The summed E-state index contributed by atoms with van der Waals surface area (Å²) in [5.74, 6) is 2.23. The van der Waals surface area contributed by atoms with Gasteiger partial charge < -0.3 is 19.8 Å². The molecule has 1 aromatic carbocycles. The lowest BCUT2D eigenvalue weighted by Crippen LogP contribution is -2.36. The molecule has 0 bridgehead atoms. The first-order chi connectivity index (χ1) is 12.7. The number of halogens is 1. The SMILES string of the molecule is CCNC(=NCc1cccnc1OC)NCc1oc2ccccc2c1C.I. The second-order valence-corrected chi connectivity index (χ2v) is 5.87. The predicted octanol–water partition coefficient (Wildman–Crippen LogP) is 4.02. The predicted molar refractivity (Wildman–Crippen MR) is 119 cm³/mol. The molecule has 0 spiro atoms. The van der Waals surface area contributed by atoms with Crippen molar-refractivity contribution in [1.29, 1.82) is 0 Å². The first-order valence-electron chi connectivity index (χ1n) is 8.70. The van der Waals surface area contributed by atoms with Gasteiger partial charge in [0.1, 0.15) is 11.3 Å². The van der Waals surface area contributed by atoms with Crippen LogP contribution in [-0.2, 0) is 13.1 Å². The Morgan fingerprint density at radius 2 is 2.00 bits per heavy atom. The molecule has 144 valence electrons. The Bertz CT molecular complexity index is 908. The van der Waals surface area contributed by atoms with Gasteiger partial charge in [0.25, 0.3) is 0 Å². The van der Waals surface area contributed by atoms with Crippen molar-refractivity contribution in [3.8, 4) is 5.88 Å². The number of rotatable bonds is 6. The summed E-state index contributed by atoms with van der Waals surface area (Å²) in [5.41, 5.74) is 2.99. The number of aromatic nitrogens is 1. The van der Waals surface area contributed by atoms with Crippen LogP contribution in [0.25, 0.3) is 11.0 Å². The monoisotopic (exact) mass is 480 g/mol. The maximum atomic E-state index is 5.95. The van der Waals surface area contributed by atoms with E-state index >= 15 is 0 Å². The third kappa shape index (κ3) is 5.12. The van der Waals surface area contributed by atoms with Gasteiger partial charge in [-0.25, -0.2) is 9.98 Å². The molecule has 0 radical (unpaired) electrons. The molecule has 6 nitrogen and oxygen atoms in total. The van der Waals surface area contributed by atoms with E-state index in [1.165, 1.54) is 0 Å². The van der Waals surface area contributed by atoms with Gasteiger partial charge in [0.05, 0.1) is 20.2 Å². The molecule has 2 N–H and O–H groups in total. The van der Waals surface area contributed by atoms with Crippen LogP contribution in [-0.4, -0.2) is 24.6 Å². The molecule has 0 saturated carbocycles. The van der Waals surface area contributed by atoms with Crippen molar-refractivity contribution in [2.24, 2.45) is 4.99 Å². The number of nitrogens with zero attached hydrogens (tertiary/aromatic N) is 2. The standard InChI is InChI=1S/C20H24N4O2.HI/c1-4-21-20(23-12-15-8-7-11-22-19(15)25-3)24-13-18-14(2)16-9-5-6-10-17(16)26-18;/h5-11H,4,12-13H2,1-3H3,(H2,21,23,24);1H. The van der Waals surface area contributed by atoms with E-state index in [-0.39, 0.29) is 24.0 Å². The summed E-state index contributed by atoms with van der Waals surface area (Å²) in [5, 5.41) is 7.72. The smallest absolute Gasteiger partial charge is 0.218 e. The molecule has 3 rings (SSSR count). The lowest BCUT2D eigenvalue weighted by molar-refractivity contribution is 0.392. The average Bonchev–Trinajstić information content (AvgIpc) is 3.00. The number of guanidine groups is 1. The lowest BCUT2D eigenvalue weighted by atomic mass is 10.1. The third-order valence-corrected chi connectivity index (χ3v) is 4.15. The minimum absolute atomic E-state index is 0. The van der Waals surface area contributed by atoms with Gasteiger partial charge in [0, 0.05) is 29.3 Å². The fraction of sp³-hybridized carbons (Fsp3) is 0.300. The number of aryl methyl sites for hydroxylation is 1. The zero-order valence-electron chi connectivity index (χ0n) is 15.8. The van der Waals surface area contributed by atoms with E-state index in [1.807, 2.05) is 37.3 Å². The van der Waals surface area contributed by atoms with Crippen LogP contribution in [0.4, 0.5) is 0 Å². The van der Waals surface area contributed by atoms with Gasteiger partial charge in [0.2, 0.25) is 5.88 Å². The topological polar surface area (TPSA) is 71.7 Å². The summed E-state index contributed by atoms with van der Waals surface area (Å²) in [4.78, 5) is 8.83. The summed E-state index contributed by atoms with van der Waals surface area (Å²) in [6.07, 6.45) is 1.71. The number of hydrogen-bond acceptors (Lipinski definition) is 4. The molecule has 0 atom stereocenters. The number of ether oxygens (including phenoxy) is 1. The number of hydrogen-bond donors (Lipinski definition) is 2. The molecular weight excluding hydrogens is 455 g/mol. The van der Waals surface area contributed by atoms with Gasteiger partial charge in [-0.1, -0.05) is 24.3 Å². The normalized spacial score (nSPS) is 11.1. The van der Waals surface area contributed by atoms with Gasteiger partial charge in [-0.3, -0.25) is 0 Å². The number of pyridine rings is 1. The summed E-state index contributed by atoms with van der Waals surface area (Å²) in [6, 6.07) is 11.9. The molecule has 0 saturated heterocycles. The van der Waals surface area contributed by atoms with Crippen molar-refractivity contribution < 1.29 is 9.15 Å². The highest BCUT2D eigenvalue weighted by Gasteiger charge is 2.10. The Morgan fingerprint density at radius 1 is 1.19 bits per heavy atom. The molecule has 7 heteroatoms. The average molecular weight is 480 g/mol. The van der Waals surface area contributed by atoms with Crippen LogP contribution in [0, 0.1) is 6.92 Å². The van der Waals surface area contributed by atoms with Gasteiger partial charge >= 0.3 is 0 Å². The number of fused-ring (bicyclic) bond motifs is 1. The molecule has 0 fully saturated rings. The Labute approximate surface area is 176 Å². The summed E-state index contributed by atoms with van der Waals surface area (Å²) in [7, 11) is 1.61. The van der Waals surface area contributed by atoms with Crippen molar-refractivity contribution in [1.82, 2.24) is 15.6 Å². The van der Waals surface area contributed by atoms with Crippen LogP contribution in [0.1, 0.15) is 23.8 Å². The van der Waals surface area contributed by atoms with Crippen molar-refractivity contribution in [3.05, 3.63) is 59.5 Å². The van der Waals surface area contributed by atoms with Crippen molar-refractivity contribution in [2.45, 2.75) is 26.9 Å². The molecule has 2 aromatic heterocycles. The molecular formula is C20H25IN4O2. The Morgan fingerprint density at radius 3 is 2.74 bits per heavy atom. The molecule has 0 aliphatic heterocycles. The van der Waals surface area contributed by atoms with Crippen LogP contribution in [0.15, 0.2) is 52.0 Å². The van der Waals surface area contributed by atoms with Gasteiger partial charge in [-0.2, -0.15) is 0 Å². The highest BCUT2D eigenvalue weighted by atomic mass is 127. The van der Waals surface area contributed by atoms with E-state index in [9.17, 15) is 0 Å². The highest BCUT2D eigenvalue weighted by Crippen LogP contribution is 2.24. The van der Waals surface area contributed by atoms with Crippen molar-refractivity contribution in [3.63, 3.8) is 0 Å². The quantitative estimate of drug-likeness (QED) is 0.317. The summed E-state index contributed by atoms with van der Waals surface area (Å²) < 4.78 is 11.2. The maximum Gasteiger partial charge on any atom is 0.218 e. The van der Waals surface area contributed by atoms with E-state index in [2.05, 4.69) is 33.6 Å². The zero-order chi connectivity index (χ0) is 18.4. The summed E-state index contributed by atoms with van der Waals surface area (Å²) in [6.45, 7) is 5.93. The molecule has 0 amide bonds. The van der Waals surface area contributed by atoms with Crippen LogP contribution in [0.3, 0.4) is 0 Å². The number of para-hydroxylation sites is 1. The molecule has 0 aliphatic rings. The van der Waals surface area contributed by atoms with Crippen LogP contribution < -0.4 is 15.4 Å². The first-order valence-corrected chi connectivity index (χ1v) is 8.70. The fourth-order valence-electron chi connectivity index (χ4n) is 2.79. The second-order valence-electron chi connectivity index (χ2n) is 5.87. The number of benzene rings is 1. The molecule has 0 unspecified atom stereocenters. The Hall–Kier alpha value is -2.29. The number of furan rings is 1. The van der Waals surface area contributed by atoms with E-state index in [0.717, 1.165) is 40.4 Å². The van der Waals surface area contributed by atoms with E-state index in [1.54, 1.807) is 13.3 Å². The van der Waals surface area contributed by atoms with Gasteiger partial charge in [0.15, 0.2) is 5.96 Å². The molecule has 2 heterocycles. The minimum Gasteiger partial charge on any atom is -0.481 e. The third-order valence-electron chi connectivity index (χ3n) is 4.15. The van der Waals surface area contributed by atoms with Crippen LogP contribution in [0.2, 0.25) is 0 Å². The van der Waals surface area contributed by atoms with E-state index in [4.69, 9.17) is 9.15 Å². The maximum absolute atomic E-state index is 5.95. The number of methoxy groups -OCH3 is 1. The molecule has 27 heavy (non-hydrogen) atoms. The Balaban J connectivity index is 0.00000261. The van der Waals surface area contributed by atoms with Crippen molar-refractivity contribution >= 4 is 40.9 Å². The van der Waals surface area contributed by atoms with Gasteiger partial charge in [-0.15, -0.1) is 24.0 Å². The van der Waals surface area contributed by atoms with E-state index < -0.39 is 0 Å². The molecule has 0 aliphatic carbocycles. The fourth-order valence-corrected chi connectivity index (χ4v) is 2.79. The second kappa shape index (κ2) is 10.1.